The van der Waals surface area contributed by atoms with Crippen LogP contribution in [-0.4, -0.2) is 50.4 Å². The number of ketones is 1. The predicted octanol–water partition coefficient (Wildman–Crippen LogP) is 2.58. The lowest BCUT2D eigenvalue weighted by Gasteiger charge is -2.35. The number of aryl methyl sites for hydroxylation is 1. The zero-order chi connectivity index (χ0) is 18.6. The van der Waals surface area contributed by atoms with E-state index in [4.69, 9.17) is 0 Å². The molecule has 0 atom stereocenters. The van der Waals surface area contributed by atoms with Gasteiger partial charge in [-0.05, 0) is 43.2 Å². The van der Waals surface area contributed by atoms with Crippen molar-refractivity contribution in [3.63, 3.8) is 0 Å². The van der Waals surface area contributed by atoms with E-state index in [0.29, 0.717) is 38.2 Å². The van der Waals surface area contributed by atoms with E-state index in [-0.39, 0.29) is 11.5 Å². The Morgan fingerprint density at radius 3 is 2.12 bits per heavy atom. The molecule has 138 valence electrons. The molecular formula is C20H24N2O3S. The van der Waals surface area contributed by atoms with Gasteiger partial charge in [0.15, 0.2) is 5.78 Å². The summed E-state index contributed by atoms with van der Waals surface area (Å²) in [6, 6.07) is 17.2. The molecule has 1 heterocycles. The summed E-state index contributed by atoms with van der Waals surface area (Å²) in [5, 5.41) is 0. The zero-order valence-corrected chi connectivity index (χ0v) is 15.8. The fraction of sp³-hybridized carbons (Fsp3) is 0.350. The number of carbonyl (C=O) groups is 1. The van der Waals surface area contributed by atoms with Crippen molar-refractivity contribution in [2.24, 2.45) is 0 Å². The van der Waals surface area contributed by atoms with Crippen molar-refractivity contribution in [1.82, 2.24) is 4.31 Å². The van der Waals surface area contributed by atoms with Crippen LogP contribution < -0.4 is 4.90 Å². The molecule has 0 bridgehead atoms. The first kappa shape index (κ1) is 18.6. The van der Waals surface area contributed by atoms with Gasteiger partial charge in [-0.1, -0.05) is 30.3 Å². The Labute approximate surface area is 155 Å². The number of anilines is 1. The molecule has 6 heteroatoms. The van der Waals surface area contributed by atoms with Crippen LogP contribution in [0, 0.1) is 0 Å². The molecule has 1 aliphatic rings. The van der Waals surface area contributed by atoms with E-state index >= 15 is 0 Å². The van der Waals surface area contributed by atoms with Crippen molar-refractivity contribution in [2.75, 3.05) is 36.8 Å². The number of hydrogen-bond donors (Lipinski definition) is 0. The van der Waals surface area contributed by atoms with Crippen LogP contribution in [0.1, 0.15) is 22.8 Å². The summed E-state index contributed by atoms with van der Waals surface area (Å²) in [4.78, 5) is 13.5. The summed E-state index contributed by atoms with van der Waals surface area (Å²) >= 11 is 0. The highest BCUT2D eigenvalue weighted by Gasteiger charge is 2.26. The highest BCUT2D eigenvalue weighted by Crippen LogP contribution is 2.19. The first-order chi connectivity index (χ1) is 12.5. The lowest BCUT2D eigenvalue weighted by molar-refractivity contribution is 0.101. The van der Waals surface area contributed by atoms with Crippen molar-refractivity contribution >= 4 is 21.5 Å². The number of carbonyl (C=O) groups excluding carboxylic acids is 1. The number of Topliss-reactive ketones (excluding diaryl/α,β-unsaturated/α-hetero) is 1. The average molecular weight is 372 g/mol. The van der Waals surface area contributed by atoms with Crippen LogP contribution in [0.15, 0.2) is 54.6 Å². The highest BCUT2D eigenvalue weighted by atomic mass is 32.2. The SMILES string of the molecule is CC(=O)c1ccc(N2CCN(S(=O)(=O)CCc3ccccc3)CC2)cc1. The molecule has 1 saturated heterocycles. The van der Waals surface area contributed by atoms with Gasteiger partial charge in [-0.2, -0.15) is 4.31 Å². The second kappa shape index (κ2) is 8.01. The molecule has 0 radical (unpaired) electrons. The normalized spacial score (nSPS) is 15.8. The first-order valence-corrected chi connectivity index (χ1v) is 10.4. The van der Waals surface area contributed by atoms with Gasteiger partial charge in [0.1, 0.15) is 0 Å². The van der Waals surface area contributed by atoms with Crippen LogP contribution in [-0.2, 0) is 16.4 Å². The maximum absolute atomic E-state index is 12.6. The molecule has 0 saturated carbocycles. The van der Waals surface area contributed by atoms with Crippen molar-refractivity contribution < 1.29 is 13.2 Å². The van der Waals surface area contributed by atoms with E-state index in [1.165, 1.54) is 0 Å². The third kappa shape index (κ3) is 4.51. The van der Waals surface area contributed by atoms with Gasteiger partial charge in [0.05, 0.1) is 5.75 Å². The summed E-state index contributed by atoms with van der Waals surface area (Å²) in [5.41, 5.74) is 2.76. The molecule has 1 fully saturated rings. The van der Waals surface area contributed by atoms with Gasteiger partial charge in [0.25, 0.3) is 0 Å². The Morgan fingerprint density at radius 2 is 1.54 bits per heavy atom. The Morgan fingerprint density at radius 1 is 0.923 bits per heavy atom. The number of hydrogen-bond acceptors (Lipinski definition) is 4. The molecule has 2 aromatic rings. The van der Waals surface area contributed by atoms with E-state index in [1.807, 2.05) is 54.6 Å². The average Bonchev–Trinajstić information content (AvgIpc) is 2.67. The molecule has 0 N–H and O–H groups in total. The quantitative estimate of drug-likeness (QED) is 0.732. The standard InChI is InChI=1S/C20H24N2O3S/c1-17(23)19-7-9-20(10-8-19)21-12-14-22(15-13-21)26(24,25)16-11-18-5-3-2-4-6-18/h2-10H,11-16H2,1H3. The number of benzene rings is 2. The van der Waals surface area contributed by atoms with E-state index in [2.05, 4.69) is 4.90 Å². The molecule has 2 aromatic carbocycles. The predicted molar refractivity (Wildman–Crippen MR) is 104 cm³/mol. The van der Waals surface area contributed by atoms with Gasteiger partial charge in [-0.25, -0.2) is 8.42 Å². The van der Waals surface area contributed by atoms with Crippen molar-refractivity contribution in [2.45, 2.75) is 13.3 Å². The minimum Gasteiger partial charge on any atom is -0.369 e. The minimum atomic E-state index is -3.24. The second-order valence-electron chi connectivity index (χ2n) is 6.54. The molecule has 26 heavy (non-hydrogen) atoms. The third-order valence-corrected chi connectivity index (χ3v) is 6.63. The smallest absolute Gasteiger partial charge is 0.214 e. The molecule has 0 aromatic heterocycles. The number of piperazine rings is 1. The zero-order valence-electron chi connectivity index (χ0n) is 15.0. The molecule has 0 unspecified atom stereocenters. The van der Waals surface area contributed by atoms with Crippen molar-refractivity contribution in [3.05, 3.63) is 65.7 Å². The Hall–Kier alpha value is -2.18. The third-order valence-electron chi connectivity index (χ3n) is 4.76. The molecule has 0 amide bonds. The van der Waals surface area contributed by atoms with Crippen molar-refractivity contribution in [1.29, 1.82) is 0 Å². The Kier molecular flexibility index (Phi) is 5.74. The highest BCUT2D eigenvalue weighted by molar-refractivity contribution is 7.89. The summed E-state index contributed by atoms with van der Waals surface area (Å²) < 4.78 is 26.8. The van der Waals surface area contributed by atoms with Crippen LogP contribution in [0.25, 0.3) is 0 Å². The van der Waals surface area contributed by atoms with Gasteiger partial charge in [0.2, 0.25) is 10.0 Å². The fourth-order valence-corrected chi connectivity index (χ4v) is 4.62. The second-order valence-corrected chi connectivity index (χ2v) is 8.63. The van der Waals surface area contributed by atoms with Crippen LogP contribution in [0.4, 0.5) is 5.69 Å². The van der Waals surface area contributed by atoms with Gasteiger partial charge in [-0.3, -0.25) is 4.79 Å². The summed E-state index contributed by atoms with van der Waals surface area (Å²) in [6.45, 7) is 3.85. The number of rotatable bonds is 6. The van der Waals surface area contributed by atoms with Crippen molar-refractivity contribution in [3.8, 4) is 0 Å². The van der Waals surface area contributed by atoms with Gasteiger partial charge in [-0.15, -0.1) is 0 Å². The van der Waals surface area contributed by atoms with Crippen LogP contribution in [0.3, 0.4) is 0 Å². The fourth-order valence-electron chi connectivity index (χ4n) is 3.15. The monoisotopic (exact) mass is 372 g/mol. The van der Waals surface area contributed by atoms with E-state index in [1.54, 1.807) is 11.2 Å². The number of nitrogens with zero attached hydrogens (tertiary/aromatic N) is 2. The maximum Gasteiger partial charge on any atom is 0.214 e. The molecule has 0 aliphatic carbocycles. The van der Waals surface area contributed by atoms with Crippen LogP contribution in [0.5, 0.6) is 0 Å². The van der Waals surface area contributed by atoms with E-state index in [0.717, 1.165) is 11.3 Å². The van der Waals surface area contributed by atoms with Gasteiger partial charge in [0, 0.05) is 37.4 Å². The largest absolute Gasteiger partial charge is 0.369 e. The van der Waals surface area contributed by atoms with E-state index in [9.17, 15) is 13.2 Å². The minimum absolute atomic E-state index is 0.0471. The summed E-state index contributed by atoms with van der Waals surface area (Å²) in [6.07, 6.45) is 0.538. The Bertz CT molecular complexity index is 840. The lowest BCUT2D eigenvalue weighted by atomic mass is 10.1. The Balaban J connectivity index is 1.56. The van der Waals surface area contributed by atoms with Crippen LogP contribution >= 0.6 is 0 Å². The molecular weight excluding hydrogens is 348 g/mol. The number of sulfonamides is 1. The summed E-state index contributed by atoms with van der Waals surface area (Å²) in [7, 11) is -3.24. The van der Waals surface area contributed by atoms with Crippen LogP contribution in [0.2, 0.25) is 0 Å². The topological polar surface area (TPSA) is 57.7 Å². The molecule has 3 rings (SSSR count). The maximum atomic E-state index is 12.6. The lowest BCUT2D eigenvalue weighted by Crippen LogP contribution is -2.49. The van der Waals surface area contributed by atoms with Gasteiger partial charge >= 0.3 is 0 Å². The van der Waals surface area contributed by atoms with Gasteiger partial charge < -0.3 is 4.90 Å². The van der Waals surface area contributed by atoms with E-state index < -0.39 is 10.0 Å². The molecule has 5 nitrogen and oxygen atoms in total. The summed E-state index contributed by atoms with van der Waals surface area (Å²) in [5.74, 6) is 0.190. The first-order valence-electron chi connectivity index (χ1n) is 8.83. The molecule has 1 aliphatic heterocycles. The molecule has 0 spiro atoms.